The van der Waals surface area contributed by atoms with E-state index in [4.69, 9.17) is 11.6 Å². The fourth-order valence-electron chi connectivity index (χ4n) is 2.04. The quantitative estimate of drug-likeness (QED) is 0.437. The summed E-state index contributed by atoms with van der Waals surface area (Å²) in [4.78, 5) is 21.5. The number of aldehydes is 1. The monoisotopic (exact) mass is 295 g/mol. The van der Waals surface area contributed by atoms with Gasteiger partial charge in [0.25, 0.3) is 0 Å². The minimum absolute atomic E-state index is 0.0623. The maximum atomic E-state index is 11.2. The lowest BCUT2D eigenvalue weighted by atomic mass is 9.84. The van der Waals surface area contributed by atoms with Crippen LogP contribution >= 0.6 is 11.6 Å². The number of halogens is 1. The van der Waals surface area contributed by atoms with Gasteiger partial charge in [-0.05, 0) is 23.6 Å². The van der Waals surface area contributed by atoms with E-state index in [-0.39, 0.29) is 23.3 Å². The molecular weight excluding hydrogens is 278 g/mol. The van der Waals surface area contributed by atoms with E-state index >= 15 is 0 Å². The summed E-state index contributed by atoms with van der Waals surface area (Å²) >= 11 is 5.80. The molecule has 0 saturated carbocycles. The first-order valence-corrected chi connectivity index (χ1v) is 6.82. The second kappa shape index (κ2) is 7.80. The lowest BCUT2D eigenvalue weighted by molar-refractivity contribution is -0.487. The van der Waals surface area contributed by atoms with E-state index in [0.29, 0.717) is 5.02 Å². The number of carbonyl (C=O) groups excluding carboxylic acids is 1. The van der Waals surface area contributed by atoms with Gasteiger partial charge in [0.05, 0.1) is 5.92 Å². The molecule has 0 saturated heterocycles. The Hall–Kier alpha value is -1.68. The molecule has 0 aliphatic heterocycles. The first kappa shape index (κ1) is 16.4. The lowest BCUT2D eigenvalue weighted by Gasteiger charge is -2.19. The van der Waals surface area contributed by atoms with Crippen LogP contribution in [0.25, 0.3) is 6.08 Å². The fourth-order valence-corrected chi connectivity index (χ4v) is 2.17. The molecule has 0 aliphatic carbocycles. The van der Waals surface area contributed by atoms with Crippen LogP contribution in [-0.4, -0.2) is 17.8 Å². The molecule has 1 aromatic rings. The van der Waals surface area contributed by atoms with Crippen molar-refractivity contribution in [3.8, 4) is 0 Å². The Morgan fingerprint density at radius 1 is 1.30 bits per heavy atom. The first-order chi connectivity index (χ1) is 9.43. The van der Waals surface area contributed by atoms with E-state index in [1.54, 1.807) is 24.3 Å². The number of carbonyl (C=O) groups is 1. The smallest absolute Gasteiger partial charge is 0.210 e. The summed E-state index contributed by atoms with van der Waals surface area (Å²) < 4.78 is 0. The maximum Gasteiger partial charge on any atom is 0.210 e. The maximum absolute atomic E-state index is 11.2. The predicted molar refractivity (Wildman–Crippen MR) is 80.2 cm³/mol. The van der Waals surface area contributed by atoms with E-state index in [1.165, 1.54) is 0 Å². The molecule has 0 N–H and O–H groups in total. The molecule has 1 rings (SSSR count). The summed E-state index contributed by atoms with van der Waals surface area (Å²) in [5.41, 5.74) is 0.899. The van der Waals surface area contributed by atoms with Crippen LogP contribution in [0, 0.1) is 27.9 Å². The Morgan fingerprint density at radius 3 is 2.35 bits per heavy atom. The normalized spacial score (nSPS) is 14.4. The average molecular weight is 296 g/mol. The standard InChI is InChI=1S/C15H18ClNO3/c1-11(2)15(10-18)13(9-17(19)20)6-3-12-4-7-14(16)8-5-12/h3-8,10-11,13,15H,9H2,1-2H3/b6-3+/t13-,15+/m0/s1. The van der Waals surface area contributed by atoms with Crippen LogP contribution in [0.2, 0.25) is 5.02 Å². The molecule has 0 spiro atoms. The van der Waals surface area contributed by atoms with Crippen LogP contribution in [0.3, 0.4) is 0 Å². The highest BCUT2D eigenvalue weighted by atomic mass is 35.5. The predicted octanol–water partition coefficient (Wildman–Crippen LogP) is 3.72. The van der Waals surface area contributed by atoms with Crippen molar-refractivity contribution in [2.45, 2.75) is 13.8 Å². The van der Waals surface area contributed by atoms with Crippen LogP contribution in [0.4, 0.5) is 0 Å². The van der Waals surface area contributed by atoms with Gasteiger partial charge >= 0.3 is 0 Å². The molecule has 5 heteroatoms. The van der Waals surface area contributed by atoms with E-state index in [0.717, 1.165) is 11.8 Å². The van der Waals surface area contributed by atoms with Crippen molar-refractivity contribution >= 4 is 24.0 Å². The van der Waals surface area contributed by atoms with Gasteiger partial charge in [0, 0.05) is 15.9 Å². The van der Waals surface area contributed by atoms with Crippen molar-refractivity contribution in [2.75, 3.05) is 6.54 Å². The van der Waals surface area contributed by atoms with Crippen molar-refractivity contribution in [1.82, 2.24) is 0 Å². The topological polar surface area (TPSA) is 60.2 Å². The lowest BCUT2D eigenvalue weighted by Crippen LogP contribution is -2.26. The molecule has 0 heterocycles. The molecule has 0 aliphatic rings. The van der Waals surface area contributed by atoms with Crippen LogP contribution in [0.1, 0.15) is 19.4 Å². The van der Waals surface area contributed by atoms with Gasteiger partial charge in [-0.3, -0.25) is 10.1 Å². The number of rotatable bonds is 7. The minimum atomic E-state index is -0.404. The summed E-state index contributed by atoms with van der Waals surface area (Å²) in [6.45, 7) is 3.54. The highest BCUT2D eigenvalue weighted by Crippen LogP contribution is 2.22. The Kier molecular flexibility index (Phi) is 6.39. The Labute approximate surface area is 123 Å². The van der Waals surface area contributed by atoms with Gasteiger partial charge < -0.3 is 4.79 Å². The van der Waals surface area contributed by atoms with Gasteiger partial charge in [0.1, 0.15) is 6.29 Å². The molecule has 0 aromatic heterocycles. The molecular formula is C15H18ClNO3. The van der Waals surface area contributed by atoms with E-state index in [2.05, 4.69) is 0 Å². The second-order valence-corrected chi connectivity index (χ2v) is 5.48. The van der Waals surface area contributed by atoms with E-state index in [9.17, 15) is 14.9 Å². The first-order valence-electron chi connectivity index (χ1n) is 6.45. The molecule has 1 aromatic carbocycles. The van der Waals surface area contributed by atoms with E-state index in [1.807, 2.05) is 26.0 Å². The van der Waals surface area contributed by atoms with Crippen molar-refractivity contribution in [3.05, 3.63) is 51.0 Å². The molecule has 4 nitrogen and oxygen atoms in total. The highest BCUT2D eigenvalue weighted by Gasteiger charge is 2.26. The molecule has 0 unspecified atom stereocenters. The average Bonchev–Trinajstić information content (AvgIpc) is 2.37. The Balaban J connectivity index is 2.90. The van der Waals surface area contributed by atoms with Gasteiger partial charge in [0.2, 0.25) is 6.54 Å². The zero-order valence-electron chi connectivity index (χ0n) is 11.5. The van der Waals surface area contributed by atoms with Gasteiger partial charge in [0.15, 0.2) is 0 Å². The van der Waals surface area contributed by atoms with Crippen molar-refractivity contribution in [3.63, 3.8) is 0 Å². The number of hydrogen-bond acceptors (Lipinski definition) is 3. The molecule has 0 bridgehead atoms. The molecule has 0 radical (unpaired) electrons. The second-order valence-electron chi connectivity index (χ2n) is 5.05. The zero-order chi connectivity index (χ0) is 15.1. The summed E-state index contributed by atoms with van der Waals surface area (Å²) in [6.07, 6.45) is 4.35. The molecule has 2 atom stereocenters. The summed E-state index contributed by atoms with van der Waals surface area (Å²) in [5, 5.41) is 11.4. The Morgan fingerprint density at radius 2 is 1.90 bits per heavy atom. The number of nitro groups is 1. The fraction of sp³-hybridized carbons (Fsp3) is 0.400. The third-order valence-corrected chi connectivity index (χ3v) is 3.44. The van der Waals surface area contributed by atoms with Crippen molar-refractivity contribution < 1.29 is 9.72 Å². The van der Waals surface area contributed by atoms with Gasteiger partial charge in [-0.25, -0.2) is 0 Å². The zero-order valence-corrected chi connectivity index (χ0v) is 12.3. The third kappa shape index (κ3) is 5.13. The van der Waals surface area contributed by atoms with Crippen molar-refractivity contribution in [2.24, 2.45) is 17.8 Å². The van der Waals surface area contributed by atoms with Crippen LogP contribution < -0.4 is 0 Å². The molecule has 108 valence electrons. The third-order valence-electron chi connectivity index (χ3n) is 3.19. The summed E-state index contributed by atoms with van der Waals surface area (Å²) in [6, 6.07) is 7.16. The van der Waals surface area contributed by atoms with Crippen LogP contribution in [0.5, 0.6) is 0 Å². The molecule has 0 fully saturated rings. The number of benzene rings is 1. The van der Waals surface area contributed by atoms with Gasteiger partial charge in [-0.15, -0.1) is 0 Å². The van der Waals surface area contributed by atoms with Crippen LogP contribution in [0.15, 0.2) is 30.3 Å². The van der Waals surface area contributed by atoms with Gasteiger partial charge in [-0.1, -0.05) is 49.7 Å². The SMILES string of the molecule is CC(C)[C@@H](C=O)[C@@H](/C=C/c1ccc(Cl)cc1)C[N+](=O)[O-]. The number of hydrogen-bond donors (Lipinski definition) is 0. The van der Waals surface area contributed by atoms with Crippen molar-refractivity contribution in [1.29, 1.82) is 0 Å². The van der Waals surface area contributed by atoms with E-state index < -0.39 is 5.92 Å². The number of nitrogens with zero attached hydrogens (tertiary/aromatic N) is 1. The molecule has 20 heavy (non-hydrogen) atoms. The molecule has 0 amide bonds. The Bertz CT molecular complexity index is 482. The minimum Gasteiger partial charge on any atom is -0.303 e. The highest BCUT2D eigenvalue weighted by molar-refractivity contribution is 6.30. The van der Waals surface area contributed by atoms with Gasteiger partial charge in [-0.2, -0.15) is 0 Å². The largest absolute Gasteiger partial charge is 0.303 e. The summed E-state index contributed by atoms with van der Waals surface area (Å²) in [7, 11) is 0. The van der Waals surface area contributed by atoms with Crippen LogP contribution in [-0.2, 0) is 4.79 Å². The summed E-state index contributed by atoms with van der Waals surface area (Å²) in [5.74, 6) is -0.700.